The minimum Gasteiger partial charge on any atom is -0.185 e. The molecule has 0 saturated carbocycles. The predicted molar refractivity (Wildman–Crippen MR) is 51.2 cm³/mol. The standard InChI is InChI=1S/C10H7NS/c1-2-10(12-8-11)9-6-4-3-5-7-9/h1,3-7,10H. The second kappa shape index (κ2) is 4.49. The average molecular weight is 173 g/mol. The van der Waals surface area contributed by atoms with E-state index in [9.17, 15) is 0 Å². The lowest BCUT2D eigenvalue weighted by atomic mass is 10.2. The number of terminal acetylenes is 1. The van der Waals surface area contributed by atoms with Gasteiger partial charge < -0.3 is 0 Å². The first kappa shape index (κ1) is 8.71. The van der Waals surface area contributed by atoms with Gasteiger partial charge in [0.15, 0.2) is 0 Å². The fourth-order valence-corrected chi connectivity index (χ4v) is 1.35. The molecule has 1 aromatic rings. The number of nitriles is 1. The van der Waals surface area contributed by atoms with E-state index >= 15 is 0 Å². The third kappa shape index (κ3) is 2.05. The van der Waals surface area contributed by atoms with Crippen molar-refractivity contribution in [3.05, 3.63) is 35.9 Å². The highest BCUT2D eigenvalue weighted by atomic mass is 32.2. The maximum absolute atomic E-state index is 8.45. The molecular formula is C10H7NS. The van der Waals surface area contributed by atoms with Crippen molar-refractivity contribution in [3.8, 4) is 17.7 Å². The van der Waals surface area contributed by atoms with Gasteiger partial charge in [0.05, 0.1) is 0 Å². The van der Waals surface area contributed by atoms with E-state index in [1.165, 1.54) is 0 Å². The minimum absolute atomic E-state index is 0.142. The molecule has 0 aromatic heterocycles. The molecule has 0 fully saturated rings. The van der Waals surface area contributed by atoms with E-state index < -0.39 is 0 Å². The first-order valence-electron chi connectivity index (χ1n) is 3.44. The lowest BCUT2D eigenvalue weighted by Gasteiger charge is -2.03. The normalized spacial score (nSPS) is 11.2. The summed E-state index contributed by atoms with van der Waals surface area (Å²) in [4.78, 5) is 0. The maximum atomic E-state index is 8.45. The van der Waals surface area contributed by atoms with Crippen molar-refractivity contribution in [1.29, 1.82) is 5.26 Å². The quantitative estimate of drug-likeness (QED) is 0.507. The Labute approximate surface area is 76.4 Å². The second-order valence-electron chi connectivity index (χ2n) is 2.17. The highest BCUT2D eigenvalue weighted by molar-refractivity contribution is 8.04. The Hall–Kier alpha value is -1.38. The van der Waals surface area contributed by atoms with Gasteiger partial charge >= 0.3 is 0 Å². The van der Waals surface area contributed by atoms with Crippen molar-refractivity contribution in [3.63, 3.8) is 0 Å². The first-order valence-corrected chi connectivity index (χ1v) is 4.32. The topological polar surface area (TPSA) is 23.8 Å². The molecule has 0 aliphatic heterocycles. The Kier molecular flexibility index (Phi) is 3.26. The molecule has 12 heavy (non-hydrogen) atoms. The lowest BCUT2D eigenvalue weighted by Crippen LogP contribution is -1.87. The zero-order chi connectivity index (χ0) is 8.81. The van der Waals surface area contributed by atoms with E-state index in [-0.39, 0.29) is 5.25 Å². The Bertz CT molecular complexity index is 318. The van der Waals surface area contributed by atoms with Crippen LogP contribution in [0.1, 0.15) is 10.8 Å². The molecular weight excluding hydrogens is 166 g/mol. The van der Waals surface area contributed by atoms with Crippen LogP contribution in [0.25, 0.3) is 0 Å². The van der Waals surface area contributed by atoms with Crippen LogP contribution in [0, 0.1) is 23.0 Å². The van der Waals surface area contributed by atoms with Gasteiger partial charge in [-0.3, -0.25) is 0 Å². The second-order valence-corrected chi connectivity index (χ2v) is 3.06. The van der Waals surface area contributed by atoms with Gasteiger partial charge in [-0.05, 0) is 17.3 Å². The maximum Gasteiger partial charge on any atom is 0.134 e. The van der Waals surface area contributed by atoms with Crippen molar-refractivity contribution in [1.82, 2.24) is 0 Å². The Morgan fingerprint density at radius 1 is 1.33 bits per heavy atom. The fraction of sp³-hybridized carbons (Fsp3) is 0.100. The molecule has 0 heterocycles. The molecule has 0 aliphatic rings. The minimum atomic E-state index is -0.142. The van der Waals surface area contributed by atoms with Gasteiger partial charge in [0.25, 0.3) is 0 Å². The van der Waals surface area contributed by atoms with Crippen LogP contribution in [0.15, 0.2) is 30.3 Å². The van der Waals surface area contributed by atoms with Gasteiger partial charge in [0.2, 0.25) is 0 Å². The van der Waals surface area contributed by atoms with E-state index in [1.54, 1.807) is 0 Å². The lowest BCUT2D eigenvalue weighted by molar-refractivity contribution is 1.29. The predicted octanol–water partition coefficient (Wildman–Crippen LogP) is 2.58. The number of thiocyanates is 1. The molecule has 0 aliphatic carbocycles. The summed E-state index contributed by atoms with van der Waals surface area (Å²) in [5.74, 6) is 2.56. The molecule has 0 radical (unpaired) electrons. The van der Waals surface area contributed by atoms with Crippen LogP contribution in [0.4, 0.5) is 0 Å². The zero-order valence-electron chi connectivity index (χ0n) is 6.40. The van der Waals surface area contributed by atoms with Crippen molar-refractivity contribution in [2.24, 2.45) is 0 Å². The third-order valence-corrected chi connectivity index (χ3v) is 2.17. The fourth-order valence-electron chi connectivity index (χ4n) is 0.879. The van der Waals surface area contributed by atoms with E-state index in [0.717, 1.165) is 17.3 Å². The van der Waals surface area contributed by atoms with Gasteiger partial charge in [-0.2, -0.15) is 5.26 Å². The van der Waals surface area contributed by atoms with E-state index in [2.05, 4.69) is 5.92 Å². The summed E-state index contributed by atoms with van der Waals surface area (Å²) >= 11 is 1.10. The smallest absolute Gasteiger partial charge is 0.134 e. The van der Waals surface area contributed by atoms with E-state index in [0.29, 0.717) is 0 Å². The molecule has 0 bridgehead atoms. The molecule has 0 saturated heterocycles. The van der Waals surface area contributed by atoms with Gasteiger partial charge in [-0.15, -0.1) is 6.42 Å². The number of hydrogen-bond donors (Lipinski definition) is 0. The Morgan fingerprint density at radius 3 is 2.50 bits per heavy atom. The number of benzene rings is 1. The molecule has 0 N–H and O–H groups in total. The summed E-state index contributed by atoms with van der Waals surface area (Å²) in [5.41, 5.74) is 1.01. The van der Waals surface area contributed by atoms with E-state index in [1.807, 2.05) is 35.7 Å². The summed E-state index contributed by atoms with van der Waals surface area (Å²) < 4.78 is 0. The summed E-state index contributed by atoms with van der Waals surface area (Å²) in [6.07, 6.45) is 5.27. The largest absolute Gasteiger partial charge is 0.185 e. The highest BCUT2D eigenvalue weighted by Crippen LogP contribution is 2.26. The molecule has 2 heteroatoms. The molecule has 1 nitrogen and oxygen atoms in total. The van der Waals surface area contributed by atoms with Crippen molar-refractivity contribution in [2.45, 2.75) is 5.25 Å². The van der Waals surface area contributed by atoms with Gasteiger partial charge in [-0.25, -0.2) is 0 Å². The average Bonchev–Trinajstić information content (AvgIpc) is 2.15. The van der Waals surface area contributed by atoms with Crippen LogP contribution in [0.3, 0.4) is 0 Å². The Balaban J connectivity index is 2.84. The summed E-state index contributed by atoms with van der Waals surface area (Å²) in [7, 11) is 0. The van der Waals surface area contributed by atoms with Gasteiger partial charge in [-0.1, -0.05) is 36.3 Å². The summed E-state index contributed by atoms with van der Waals surface area (Å²) in [6.45, 7) is 0. The van der Waals surface area contributed by atoms with Gasteiger partial charge in [0.1, 0.15) is 10.7 Å². The van der Waals surface area contributed by atoms with Crippen molar-refractivity contribution in [2.75, 3.05) is 0 Å². The van der Waals surface area contributed by atoms with Crippen molar-refractivity contribution < 1.29 is 0 Å². The summed E-state index contributed by atoms with van der Waals surface area (Å²) in [6, 6.07) is 9.60. The number of thioether (sulfide) groups is 1. The SMILES string of the molecule is C#CC(SC#N)c1ccccc1. The molecule has 1 atom stereocenters. The monoisotopic (exact) mass is 173 g/mol. The van der Waals surface area contributed by atoms with Crippen LogP contribution in [-0.2, 0) is 0 Å². The molecule has 1 unspecified atom stereocenters. The molecule has 1 rings (SSSR count). The van der Waals surface area contributed by atoms with E-state index in [4.69, 9.17) is 11.7 Å². The highest BCUT2D eigenvalue weighted by Gasteiger charge is 2.06. The summed E-state index contributed by atoms with van der Waals surface area (Å²) in [5, 5.41) is 10.3. The van der Waals surface area contributed by atoms with Crippen LogP contribution >= 0.6 is 11.8 Å². The zero-order valence-corrected chi connectivity index (χ0v) is 7.21. The van der Waals surface area contributed by atoms with Crippen LogP contribution in [0.5, 0.6) is 0 Å². The number of nitrogens with zero attached hydrogens (tertiary/aromatic N) is 1. The van der Waals surface area contributed by atoms with Crippen LogP contribution in [-0.4, -0.2) is 0 Å². The van der Waals surface area contributed by atoms with Gasteiger partial charge in [0, 0.05) is 0 Å². The molecule has 0 spiro atoms. The van der Waals surface area contributed by atoms with Crippen LogP contribution in [0.2, 0.25) is 0 Å². The number of rotatable bonds is 2. The van der Waals surface area contributed by atoms with Crippen LogP contribution < -0.4 is 0 Å². The molecule has 0 amide bonds. The Morgan fingerprint density at radius 2 is 2.00 bits per heavy atom. The number of hydrogen-bond acceptors (Lipinski definition) is 2. The molecule has 58 valence electrons. The third-order valence-electron chi connectivity index (χ3n) is 1.42. The molecule has 1 aromatic carbocycles. The van der Waals surface area contributed by atoms with Crippen molar-refractivity contribution >= 4 is 11.8 Å². The first-order chi connectivity index (χ1) is 5.88.